The molecule has 1 N–H and O–H groups in total. The van der Waals surface area contributed by atoms with Crippen LogP contribution in [0.1, 0.15) is 24.0 Å². The minimum absolute atomic E-state index is 0.0303. The second kappa shape index (κ2) is 10.5. The van der Waals surface area contributed by atoms with Gasteiger partial charge in [0, 0.05) is 25.5 Å². The molecule has 2 aromatic carbocycles. The molecule has 1 aliphatic heterocycles. The number of amides is 1. The average Bonchev–Trinajstić information content (AvgIpc) is 3.34. The number of benzene rings is 2. The molecule has 4 rings (SSSR count). The largest absolute Gasteiger partial charge is 0.497 e. The second-order valence-electron chi connectivity index (χ2n) is 8.50. The van der Waals surface area contributed by atoms with Crippen molar-refractivity contribution >= 4 is 16.8 Å². The van der Waals surface area contributed by atoms with Crippen LogP contribution >= 0.6 is 0 Å². The van der Waals surface area contributed by atoms with Crippen molar-refractivity contribution in [2.75, 3.05) is 33.3 Å². The highest BCUT2D eigenvalue weighted by molar-refractivity contribution is 5.84. The first kappa shape index (κ1) is 22.9. The van der Waals surface area contributed by atoms with Crippen molar-refractivity contribution in [2.45, 2.75) is 25.9 Å². The summed E-state index contributed by atoms with van der Waals surface area (Å²) in [6, 6.07) is 13.1. The molecular formula is C26H31N3O4. The van der Waals surface area contributed by atoms with Crippen LogP contribution in [0.3, 0.4) is 0 Å². The third-order valence-electron chi connectivity index (χ3n) is 6.09. The summed E-state index contributed by atoms with van der Waals surface area (Å²) in [7, 11) is 3.50. The number of pyridine rings is 1. The molecule has 0 radical (unpaired) electrons. The summed E-state index contributed by atoms with van der Waals surface area (Å²) < 4.78 is 12.9. The van der Waals surface area contributed by atoms with Gasteiger partial charge in [0.25, 0.3) is 0 Å². The number of nitrogens with one attached hydrogen (secondary N) is 1. The van der Waals surface area contributed by atoms with E-state index in [1.165, 1.54) is 12.8 Å². The predicted octanol–water partition coefficient (Wildman–Crippen LogP) is 2.88. The summed E-state index contributed by atoms with van der Waals surface area (Å²) in [5, 5.41) is 3.54. The maximum atomic E-state index is 13.1. The third kappa shape index (κ3) is 5.73. The lowest BCUT2D eigenvalue weighted by molar-refractivity contribution is -0.120. The molecule has 0 unspecified atom stereocenters. The van der Waals surface area contributed by atoms with Crippen molar-refractivity contribution in [2.24, 2.45) is 7.05 Å². The minimum Gasteiger partial charge on any atom is -0.497 e. The fourth-order valence-corrected chi connectivity index (χ4v) is 4.21. The number of methoxy groups -OCH3 is 1. The molecule has 1 aromatic heterocycles. The van der Waals surface area contributed by atoms with E-state index in [2.05, 4.69) is 10.2 Å². The van der Waals surface area contributed by atoms with E-state index in [-0.39, 0.29) is 30.1 Å². The van der Waals surface area contributed by atoms with Crippen molar-refractivity contribution in [1.82, 2.24) is 14.8 Å². The van der Waals surface area contributed by atoms with Gasteiger partial charge in [-0.2, -0.15) is 0 Å². The van der Waals surface area contributed by atoms with Crippen molar-refractivity contribution in [3.63, 3.8) is 0 Å². The van der Waals surface area contributed by atoms with Crippen LogP contribution in [0.5, 0.6) is 11.5 Å². The summed E-state index contributed by atoms with van der Waals surface area (Å²) in [6.45, 7) is 4.06. The molecule has 0 bridgehead atoms. The Bertz CT molecular complexity index is 1160. The van der Waals surface area contributed by atoms with Crippen LogP contribution in [-0.4, -0.2) is 48.7 Å². The van der Waals surface area contributed by atoms with E-state index >= 15 is 0 Å². The van der Waals surface area contributed by atoms with E-state index in [0.717, 1.165) is 42.0 Å². The van der Waals surface area contributed by atoms with Gasteiger partial charge < -0.3 is 24.3 Å². The number of fused-ring (bicyclic) bond motifs is 1. The van der Waals surface area contributed by atoms with Crippen LogP contribution in [0.2, 0.25) is 0 Å². The molecule has 1 aliphatic rings. The highest BCUT2D eigenvalue weighted by atomic mass is 16.5. The molecule has 7 nitrogen and oxygen atoms in total. The van der Waals surface area contributed by atoms with Crippen molar-refractivity contribution in [3.05, 3.63) is 70.0 Å². The van der Waals surface area contributed by atoms with Crippen molar-refractivity contribution in [1.29, 1.82) is 0 Å². The van der Waals surface area contributed by atoms with Gasteiger partial charge in [-0.15, -0.1) is 0 Å². The number of rotatable bonds is 9. The monoisotopic (exact) mass is 449 g/mol. The standard InChI is InChI=1S/C26H31N3O4/c1-28-17-24(33-18-19-5-8-21(32-2)9-6-19)26(31)22-15-20(7-10-23(22)28)16-25(30)27-11-14-29-12-3-4-13-29/h5-10,15,17H,3-4,11-14,16,18H2,1-2H3,(H,27,30). The van der Waals surface area contributed by atoms with E-state index in [1.54, 1.807) is 19.4 Å². The Morgan fingerprint density at radius 3 is 2.52 bits per heavy atom. The lowest BCUT2D eigenvalue weighted by Gasteiger charge is -2.15. The molecule has 33 heavy (non-hydrogen) atoms. The lowest BCUT2D eigenvalue weighted by Crippen LogP contribution is -2.34. The molecule has 174 valence electrons. The van der Waals surface area contributed by atoms with Gasteiger partial charge in [-0.3, -0.25) is 9.59 Å². The molecule has 0 saturated carbocycles. The van der Waals surface area contributed by atoms with Crippen LogP contribution in [0.15, 0.2) is 53.5 Å². The van der Waals surface area contributed by atoms with Gasteiger partial charge >= 0.3 is 0 Å². The first-order chi connectivity index (χ1) is 16.0. The SMILES string of the molecule is COc1ccc(COc2cn(C)c3ccc(CC(=O)NCCN4CCCC4)cc3c2=O)cc1. The van der Waals surface area contributed by atoms with Crippen LogP contribution < -0.4 is 20.2 Å². The molecule has 1 fully saturated rings. The summed E-state index contributed by atoms with van der Waals surface area (Å²) in [5.41, 5.74) is 2.38. The Hall–Kier alpha value is -3.32. The van der Waals surface area contributed by atoms with Crippen LogP contribution in [0, 0.1) is 0 Å². The average molecular weight is 450 g/mol. The molecular weight excluding hydrogens is 418 g/mol. The van der Waals surface area contributed by atoms with Crippen molar-refractivity contribution < 1.29 is 14.3 Å². The summed E-state index contributed by atoms with van der Waals surface area (Å²) in [6.07, 6.45) is 4.44. The number of carbonyl (C=O) groups excluding carboxylic acids is 1. The van der Waals surface area contributed by atoms with Crippen LogP contribution in [-0.2, 0) is 24.9 Å². The molecule has 3 aromatic rings. The van der Waals surface area contributed by atoms with E-state index in [4.69, 9.17) is 9.47 Å². The number of likely N-dealkylation sites (tertiary alicyclic amines) is 1. The zero-order valence-corrected chi connectivity index (χ0v) is 19.3. The predicted molar refractivity (Wildman–Crippen MR) is 129 cm³/mol. The Balaban J connectivity index is 1.43. The normalized spacial score (nSPS) is 13.9. The highest BCUT2D eigenvalue weighted by Gasteiger charge is 2.13. The van der Waals surface area contributed by atoms with Gasteiger partial charge in [0.1, 0.15) is 12.4 Å². The van der Waals surface area contributed by atoms with E-state index in [0.29, 0.717) is 11.9 Å². The van der Waals surface area contributed by atoms with E-state index in [1.807, 2.05) is 48.0 Å². The summed E-state index contributed by atoms with van der Waals surface area (Å²) in [4.78, 5) is 27.9. The second-order valence-corrected chi connectivity index (χ2v) is 8.50. The molecule has 1 saturated heterocycles. The fraction of sp³-hybridized carbons (Fsp3) is 0.385. The van der Waals surface area contributed by atoms with Gasteiger partial charge in [0.2, 0.25) is 11.3 Å². The number of nitrogens with zero attached hydrogens (tertiary/aromatic N) is 2. The van der Waals surface area contributed by atoms with Crippen LogP contribution in [0.4, 0.5) is 0 Å². The zero-order chi connectivity index (χ0) is 23.2. The van der Waals surface area contributed by atoms with Gasteiger partial charge in [-0.1, -0.05) is 18.2 Å². The molecule has 0 spiro atoms. The van der Waals surface area contributed by atoms with Gasteiger partial charge in [-0.05, 0) is 61.3 Å². The molecule has 7 heteroatoms. The van der Waals surface area contributed by atoms with Crippen molar-refractivity contribution in [3.8, 4) is 11.5 Å². The number of aromatic nitrogens is 1. The Morgan fingerprint density at radius 1 is 1.06 bits per heavy atom. The smallest absolute Gasteiger partial charge is 0.231 e. The number of hydrogen-bond acceptors (Lipinski definition) is 5. The van der Waals surface area contributed by atoms with Crippen LogP contribution in [0.25, 0.3) is 10.9 Å². The first-order valence-corrected chi connectivity index (χ1v) is 11.4. The van der Waals surface area contributed by atoms with E-state index in [9.17, 15) is 9.59 Å². The topological polar surface area (TPSA) is 72.8 Å². The lowest BCUT2D eigenvalue weighted by atomic mass is 10.1. The Labute approximate surface area is 193 Å². The quantitative estimate of drug-likeness (QED) is 0.544. The fourth-order valence-electron chi connectivity index (χ4n) is 4.21. The minimum atomic E-state index is -0.173. The van der Waals surface area contributed by atoms with Gasteiger partial charge in [-0.25, -0.2) is 0 Å². The zero-order valence-electron chi connectivity index (χ0n) is 19.3. The highest BCUT2D eigenvalue weighted by Crippen LogP contribution is 2.19. The molecule has 2 heterocycles. The molecule has 0 aliphatic carbocycles. The van der Waals surface area contributed by atoms with Gasteiger partial charge in [0.05, 0.1) is 25.2 Å². The van der Waals surface area contributed by atoms with Gasteiger partial charge in [0.15, 0.2) is 5.75 Å². The maximum Gasteiger partial charge on any atom is 0.231 e. The number of carbonyl (C=O) groups is 1. The first-order valence-electron chi connectivity index (χ1n) is 11.4. The molecule has 1 amide bonds. The Kier molecular flexibility index (Phi) is 7.29. The van der Waals surface area contributed by atoms with E-state index < -0.39 is 0 Å². The molecule has 0 atom stereocenters. The maximum absolute atomic E-state index is 13.1. The number of ether oxygens (including phenoxy) is 2. The number of hydrogen-bond donors (Lipinski definition) is 1. The number of aryl methyl sites for hydroxylation is 1. The summed E-state index contributed by atoms with van der Waals surface area (Å²) >= 11 is 0. The third-order valence-corrected chi connectivity index (χ3v) is 6.09. The Morgan fingerprint density at radius 2 is 1.79 bits per heavy atom. The summed E-state index contributed by atoms with van der Waals surface area (Å²) in [5.74, 6) is 1.03.